The van der Waals surface area contributed by atoms with E-state index in [1.165, 1.54) is 4.90 Å². The van der Waals surface area contributed by atoms with Crippen LogP contribution in [0.4, 0.5) is 0 Å². The Balaban J connectivity index is 1.85. The summed E-state index contributed by atoms with van der Waals surface area (Å²) >= 11 is 0. The lowest BCUT2D eigenvalue weighted by Crippen LogP contribution is -2.51. The molecule has 0 aromatic heterocycles. The molecule has 0 bridgehead atoms. The van der Waals surface area contributed by atoms with Crippen LogP contribution in [-0.4, -0.2) is 41.9 Å². The smallest absolute Gasteiger partial charge is 0.251 e. The Hall–Kier alpha value is -3.70. The Morgan fingerprint density at radius 1 is 1.29 bits per heavy atom. The van der Waals surface area contributed by atoms with Gasteiger partial charge in [-0.1, -0.05) is 44.2 Å². The number of carbonyl (C=O) groups is 2. The van der Waals surface area contributed by atoms with Crippen LogP contribution in [0, 0.1) is 17.2 Å². The molecule has 2 aromatic carbocycles. The zero-order valence-electron chi connectivity index (χ0n) is 20.7. The van der Waals surface area contributed by atoms with Crippen LogP contribution in [0.3, 0.4) is 0 Å². The molecule has 2 amide bonds. The molecule has 0 spiro atoms. The minimum atomic E-state index is -0.550. The van der Waals surface area contributed by atoms with Gasteiger partial charge in [0.15, 0.2) is 5.96 Å². The Bertz CT molecular complexity index is 1140. The molecule has 0 saturated carbocycles. The van der Waals surface area contributed by atoms with Crippen molar-refractivity contribution in [2.45, 2.75) is 51.7 Å². The summed E-state index contributed by atoms with van der Waals surface area (Å²) < 4.78 is 5.22. The molecule has 0 radical (unpaired) electrons. The van der Waals surface area contributed by atoms with Crippen molar-refractivity contribution in [3.8, 4) is 6.07 Å². The number of nitriles is 1. The molecule has 2 aromatic rings. The minimum absolute atomic E-state index is 0.129. The number of rotatable bonds is 9. The molecule has 8 heteroatoms. The van der Waals surface area contributed by atoms with E-state index in [1.807, 2.05) is 51.1 Å². The summed E-state index contributed by atoms with van der Waals surface area (Å²) in [5.41, 5.74) is 7.88. The Labute approximate surface area is 206 Å². The minimum Gasteiger partial charge on any atom is -0.385 e. The first-order valence-corrected chi connectivity index (χ1v) is 11.7. The average molecular weight is 476 g/mol. The van der Waals surface area contributed by atoms with E-state index in [1.54, 1.807) is 25.3 Å². The summed E-state index contributed by atoms with van der Waals surface area (Å²) in [6, 6.07) is 16.4. The van der Waals surface area contributed by atoms with E-state index in [0.717, 1.165) is 5.56 Å². The quantitative estimate of drug-likeness (QED) is 0.575. The predicted octanol–water partition coefficient (Wildman–Crippen LogP) is 3.53. The monoisotopic (exact) mass is 475 g/mol. The highest BCUT2D eigenvalue weighted by Gasteiger charge is 2.38. The van der Waals surface area contributed by atoms with E-state index >= 15 is 0 Å². The molecule has 35 heavy (non-hydrogen) atoms. The van der Waals surface area contributed by atoms with Gasteiger partial charge in [0.1, 0.15) is 0 Å². The third kappa shape index (κ3) is 6.25. The topological polar surface area (TPSA) is 121 Å². The summed E-state index contributed by atoms with van der Waals surface area (Å²) in [4.78, 5) is 32.1. The van der Waals surface area contributed by atoms with Crippen LogP contribution in [0.5, 0.6) is 0 Å². The van der Waals surface area contributed by atoms with Crippen molar-refractivity contribution in [2.75, 3.05) is 13.7 Å². The summed E-state index contributed by atoms with van der Waals surface area (Å²) in [6.45, 7) is 6.55. The van der Waals surface area contributed by atoms with Crippen LogP contribution >= 0.6 is 0 Å². The third-order valence-electron chi connectivity index (χ3n) is 6.54. The molecule has 2 unspecified atom stereocenters. The van der Waals surface area contributed by atoms with Crippen molar-refractivity contribution >= 4 is 17.8 Å². The average Bonchev–Trinajstić information content (AvgIpc) is 2.84. The van der Waals surface area contributed by atoms with Crippen LogP contribution < -0.4 is 11.1 Å². The number of carbonyl (C=O) groups excluding carboxylic acids is 2. The highest BCUT2D eigenvalue weighted by atomic mass is 16.5. The lowest BCUT2D eigenvalue weighted by atomic mass is 9.84. The fourth-order valence-corrected chi connectivity index (χ4v) is 4.04. The molecule has 3 rings (SSSR count). The first-order chi connectivity index (χ1) is 16.7. The van der Waals surface area contributed by atoms with Gasteiger partial charge in [-0.25, -0.2) is 4.99 Å². The van der Waals surface area contributed by atoms with Gasteiger partial charge in [0.05, 0.1) is 36.2 Å². The number of guanidine groups is 1. The summed E-state index contributed by atoms with van der Waals surface area (Å²) in [6.07, 6.45) is 0.843. The second kappa shape index (κ2) is 11.2. The van der Waals surface area contributed by atoms with Gasteiger partial charge in [0, 0.05) is 19.3 Å². The molecule has 0 aliphatic carbocycles. The number of nitrogens with zero attached hydrogens (tertiary/aromatic N) is 3. The molecule has 0 saturated heterocycles. The zero-order valence-corrected chi connectivity index (χ0v) is 20.7. The van der Waals surface area contributed by atoms with Gasteiger partial charge >= 0.3 is 0 Å². The van der Waals surface area contributed by atoms with E-state index in [0.29, 0.717) is 29.7 Å². The standard InChI is InChI=1S/C27H33N5O3/c1-18(2)27(3)15-24(33)32(26(29)31-27)17-20-12-19(16-28)13-22(14-20)25(34)30-23(10-11-35-4)21-8-6-5-7-9-21/h5-9,12-14,18,23H,10-11,15,17H2,1-4H3,(H2,29,31)(H,30,34). The first-order valence-electron chi connectivity index (χ1n) is 11.7. The number of methoxy groups -OCH3 is 1. The molecule has 1 heterocycles. The largest absolute Gasteiger partial charge is 0.385 e. The number of aliphatic imine (C=N–C) groups is 1. The van der Waals surface area contributed by atoms with Gasteiger partial charge in [0.25, 0.3) is 5.91 Å². The molecule has 8 nitrogen and oxygen atoms in total. The van der Waals surface area contributed by atoms with E-state index < -0.39 is 5.54 Å². The number of nitrogens with two attached hydrogens (primary N) is 1. The normalized spacial score (nSPS) is 18.7. The number of hydrogen-bond donors (Lipinski definition) is 2. The molecule has 184 valence electrons. The van der Waals surface area contributed by atoms with Gasteiger partial charge < -0.3 is 15.8 Å². The van der Waals surface area contributed by atoms with Crippen molar-refractivity contribution in [1.29, 1.82) is 5.26 Å². The highest BCUT2D eigenvalue weighted by molar-refractivity contribution is 5.99. The zero-order chi connectivity index (χ0) is 25.6. The van der Waals surface area contributed by atoms with Gasteiger partial charge in [-0.2, -0.15) is 5.26 Å². The lowest BCUT2D eigenvalue weighted by Gasteiger charge is -2.37. The number of amides is 2. The summed E-state index contributed by atoms with van der Waals surface area (Å²) in [5, 5.41) is 12.6. The summed E-state index contributed by atoms with van der Waals surface area (Å²) in [5.74, 6) is -0.146. The molecule has 2 atom stereocenters. The number of nitrogens with one attached hydrogen (secondary N) is 1. The van der Waals surface area contributed by atoms with Crippen LogP contribution in [-0.2, 0) is 16.1 Å². The van der Waals surface area contributed by atoms with Gasteiger partial charge in [-0.05, 0) is 48.6 Å². The van der Waals surface area contributed by atoms with E-state index in [2.05, 4.69) is 16.4 Å². The molecule has 3 N–H and O–H groups in total. The van der Waals surface area contributed by atoms with Gasteiger partial charge in [-0.3, -0.25) is 14.5 Å². The third-order valence-corrected chi connectivity index (χ3v) is 6.54. The summed E-state index contributed by atoms with van der Waals surface area (Å²) in [7, 11) is 1.62. The van der Waals surface area contributed by atoms with Crippen molar-refractivity contribution in [1.82, 2.24) is 10.2 Å². The highest BCUT2D eigenvalue weighted by Crippen LogP contribution is 2.30. The van der Waals surface area contributed by atoms with Crippen LogP contribution in [0.1, 0.15) is 66.7 Å². The Kier molecular flexibility index (Phi) is 8.26. The van der Waals surface area contributed by atoms with Crippen molar-refractivity contribution in [3.05, 3.63) is 70.8 Å². The SMILES string of the molecule is COCCC(NC(=O)c1cc(C#N)cc(CN2C(=O)CC(C)(C(C)C)N=C2N)c1)c1ccccc1. The Morgan fingerprint density at radius 2 is 2.00 bits per heavy atom. The Morgan fingerprint density at radius 3 is 2.60 bits per heavy atom. The maximum absolute atomic E-state index is 13.2. The van der Waals surface area contributed by atoms with Crippen molar-refractivity contribution in [3.63, 3.8) is 0 Å². The van der Waals surface area contributed by atoms with Crippen LogP contribution in [0.2, 0.25) is 0 Å². The van der Waals surface area contributed by atoms with Crippen molar-refractivity contribution in [2.24, 2.45) is 16.6 Å². The first kappa shape index (κ1) is 25.9. The molecule has 0 fully saturated rings. The molecular weight excluding hydrogens is 442 g/mol. The number of hydrogen-bond acceptors (Lipinski definition) is 6. The predicted molar refractivity (Wildman–Crippen MR) is 134 cm³/mol. The fourth-order valence-electron chi connectivity index (χ4n) is 4.04. The van der Waals surface area contributed by atoms with Crippen molar-refractivity contribution < 1.29 is 14.3 Å². The lowest BCUT2D eigenvalue weighted by molar-refractivity contribution is -0.130. The maximum Gasteiger partial charge on any atom is 0.251 e. The van der Waals surface area contributed by atoms with Gasteiger partial charge in [0.2, 0.25) is 5.91 Å². The number of benzene rings is 2. The molecular formula is C27H33N5O3. The second-order valence-corrected chi connectivity index (χ2v) is 9.39. The molecule has 1 aliphatic heterocycles. The second-order valence-electron chi connectivity index (χ2n) is 9.39. The fraction of sp³-hybridized carbons (Fsp3) is 0.407. The van der Waals surface area contributed by atoms with Gasteiger partial charge in [-0.15, -0.1) is 0 Å². The van der Waals surface area contributed by atoms with E-state index in [9.17, 15) is 14.9 Å². The maximum atomic E-state index is 13.2. The van der Waals surface area contributed by atoms with Crippen LogP contribution in [0.25, 0.3) is 0 Å². The number of ether oxygens (including phenoxy) is 1. The van der Waals surface area contributed by atoms with E-state index in [-0.39, 0.29) is 42.7 Å². The molecule has 1 aliphatic rings. The van der Waals surface area contributed by atoms with E-state index in [4.69, 9.17) is 10.5 Å². The van der Waals surface area contributed by atoms with Crippen LogP contribution in [0.15, 0.2) is 53.5 Å².